The molecule has 0 spiro atoms. The van der Waals surface area contributed by atoms with Gasteiger partial charge in [-0.15, -0.1) is 0 Å². The van der Waals surface area contributed by atoms with E-state index in [1.54, 1.807) is 19.1 Å². The number of hydrogen-bond donors (Lipinski definition) is 3. The number of benzene rings is 1. The summed E-state index contributed by atoms with van der Waals surface area (Å²) in [7, 11) is -3.35. The van der Waals surface area contributed by atoms with Crippen LogP contribution in [0.1, 0.15) is 17.3 Å². The van der Waals surface area contributed by atoms with Gasteiger partial charge in [-0.25, -0.2) is 8.42 Å². The second-order valence-corrected chi connectivity index (χ2v) is 6.90. The minimum Gasteiger partial charge on any atom is -0.472 e. The van der Waals surface area contributed by atoms with Crippen LogP contribution in [0.3, 0.4) is 0 Å². The van der Waals surface area contributed by atoms with E-state index in [1.165, 1.54) is 30.7 Å². The van der Waals surface area contributed by atoms with Crippen LogP contribution >= 0.6 is 0 Å². The van der Waals surface area contributed by atoms with Gasteiger partial charge in [0, 0.05) is 11.4 Å². The molecule has 2 aromatic rings. The van der Waals surface area contributed by atoms with Crippen molar-refractivity contribution in [2.75, 3.05) is 16.3 Å². The molecule has 0 aliphatic heterocycles. The van der Waals surface area contributed by atoms with Gasteiger partial charge in [0.2, 0.25) is 15.9 Å². The summed E-state index contributed by atoms with van der Waals surface area (Å²) >= 11 is 0. The summed E-state index contributed by atoms with van der Waals surface area (Å²) in [6.07, 6.45) is 3.70. The van der Waals surface area contributed by atoms with Crippen molar-refractivity contribution < 1.29 is 22.4 Å². The number of nitrogens with one attached hydrogen (secondary N) is 3. The lowest BCUT2D eigenvalue weighted by atomic mass is 10.2. The van der Waals surface area contributed by atoms with Crippen LogP contribution in [-0.2, 0) is 14.8 Å². The number of anilines is 2. The summed E-state index contributed by atoms with van der Waals surface area (Å²) in [6.45, 7) is 1.55. The number of hydrogen-bond acceptors (Lipinski definition) is 5. The third kappa shape index (κ3) is 5.13. The summed E-state index contributed by atoms with van der Waals surface area (Å²) in [4.78, 5) is 23.9. The van der Waals surface area contributed by atoms with E-state index in [-0.39, 0.29) is 0 Å². The molecular formula is C15H17N3O5S. The molecule has 1 atom stereocenters. The lowest BCUT2D eigenvalue weighted by Crippen LogP contribution is -2.41. The molecule has 1 aromatic heterocycles. The smallest absolute Gasteiger partial charge is 0.255 e. The predicted molar refractivity (Wildman–Crippen MR) is 89.2 cm³/mol. The van der Waals surface area contributed by atoms with Crippen molar-refractivity contribution in [2.45, 2.75) is 13.0 Å². The lowest BCUT2D eigenvalue weighted by molar-refractivity contribution is -0.117. The van der Waals surface area contributed by atoms with Gasteiger partial charge in [-0.3, -0.25) is 14.3 Å². The van der Waals surface area contributed by atoms with Crippen molar-refractivity contribution in [1.29, 1.82) is 0 Å². The molecule has 0 radical (unpaired) electrons. The Kier molecular flexibility index (Phi) is 5.24. The summed E-state index contributed by atoms with van der Waals surface area (Å²) in [5.41, 5.74) is 1.19. The predicted octanol–water partition coefficient (Wildman–Crippen LogP) is 1.41. The highest BCUT2D eigenvalue weighted by molar-refractivity contribution is 7.92. The third-order valence-corrected chi connectivity index (χ3v) is 3.59. The van der Waals surface area contributed by atoms with Gasteiger partial charge in [-0.05, 0) is 37.3 Å². The zero-order valence-corrected chi connectivity index (χ0v) is 13.9. The van der Waals surface area contributed by atoms with Crippen LogP contribution in [0.15, 0.2) is 47.3 Å². The molecule has 0 aliphatic rings. The normalized spacial score (nSPS) is 12.2. The van der Waals surface area contributed by atoms with Gasteiger partial charge in [0.1, 0.15) is 12.3 Å². The molecule has 1 heterocycles. The molecule has 24 heavy (non-hydrogen) atoms. The van der Waals surface area contributed by atoms with Crippen molar-refractivity contribution in [3.63, 3.8) is 0 Å². The zero-order chi connectivity index (χ0) is 17.7. The molecule has 8 nitrogen and oxygen atoms in total. The van der Waals surface area contributed by atoms with Crippen LogP contribution in [0.4, 0.5) is 11.4 Å². The molecule has 0 aliphatic carbocycles. The van der Waals surface area contributed by atoms with Gasteiger partial charge >= 0.3 is 0 Å². The molecule has 128 valence electrons. The van der Waals surface area contributed by atoms with Crippen LogP contribution in [0.25, 0.3) is 0 Å². The van der Waals surface area contributed by atoms with Gasteiger partial charge in [0.05, 0.1) is 18.1 Å². The molecular weight excluding hydrogens is 334 g/mol. The quantitative estimate of drug-likeness (QED) is 0.727. The molecule has 2 rings (SSSR count). The Hall–Kier alpha value is -2.81. The average molecular weight is 351 g/mol. The number of furan rings is 1. The van der Waals surface area contributed by atoms with E-state index in [0.29, 0.717) is 16.9 Å². The zero-order valence-electron chi connectivity index (χ0n) is 13.1. The van der Waals surface area contributed by atoms with E-state index >= 15 is 0 Å². The molecule has 1 aromatic carbocycles. The topological polar surface area (TPSA) is 118 Å². The molecule has 3 N–H and O–H groups in total. The monoisotopic (exact) mass is 351 g/mol. The summed E-state index contributed by atoms with van der Waals surface area (Å²) in [5, 5.41) is 5.17. The molecule has 0 bridgehead atoms. The van der Waals surface area contributed by atoms with Crippen molar-refractivity contribution in [3.05, 3.63) is 48.4 Å². The Labute approximate surface area is 139 Å². The highest BCUT2D eigenvalue weighted by Gasteiger charge is 2.17. The minimum atomic E-state index is -3.35. The number of amides is 2. The van der Waals surface area contributed by atoms with Crippen LogP contribution in [0.2, 0.25) is 0 Å². The fourth-order valence-corrected chi connectivity index (χ4v) is 2.39. The largest absolute Gasteiger partial charge is 0.472 e. The maximum absolute atomic E-state index is 12.1. The van der Waals surface area contributed by atoms with Crippen molar-refractivity contribution in [2.24, 2.45) is 0 Å². The van der Waals surface area contributed by atoms with Gasteiger partial charge in [0.15, 0.2) is 0 Å². The second kappa shape index (κ2) is 7.18. The fourth-order valence-electron chi connectivity index (χ4n) is 1.83. The highest BCUT2D eigenvalue weighted by Crippen LogP contribution is 2.14. The molecule has 9 heteroatoms. The molecule has 0 saturated carbocycles. The summed E-state index contributed by atoms with van der Waals surface area (Å²) in [6, 6.07) is 6.87. The standard InChI is InChI=1S/C15H17N3O5S/c1-10(16-15(20)11-7-8-23-9-11)14(19)17-12-3-5-13(6-4-12)18-24(2,21)22/h3-10,18H,1-2H3,(H,16,20)(H,17,19). The van der Waals surface area contributed by atoms with E-state index in [0.717, 1.165) is 6.26 Å². The Morgan fingerprint density at radius 3 is 2.25 bits per heavy atom. The Morgan fingerprint density at radius 1 is 1.08 bits per heavy atom. The van der Waals surface area contributed by atoms with Gasteiger partial charge in [-0.2, -0.15) is 0 Å². The van der Waals surface area contributed by atoms with Crippen molar-refractivity contribution in [3.8, 4) is 0 Å². The van der Waals surface area contributed by atoms with E-state index < -0.39 is 27.9 Å². The number of sulfonamides is 1. The molecule has 0 saturated heterocycles. The van der Waals surface area contributed by atoms with Crippen molar-refractivity contribution in [1.82, 2.24) is 5.32 Å². The van der Waals surface area contributed by atoms with Crippen LogP contribution in [-0.4, -0.2) is 32.5 Å². The van der Waals surface area contributed by atoms with Crippen LogP contribution in [0, 0.1) is 0 Å². The van der Waals surface area contributed by atoms with E-state index in [9.17, 15) is 18.0 Å². The Morgan fingerprint density at radius 2 is 1.71 bits per heavy atom. The van der Waals surface area contributed by atoms with Crippen LogP contribution in [0.5, 0.6) is 0 Å². The first-order valence-electron chi connectivity index (χ1n) is 6.96. The van der Waals surface area contributed by atoms with E-state index in [1.807, 2.05) is 0 Å². The first-order chi connectivity index (χ1) is 11.2. The fraction of sp³-hybridized carbons (Fsp3) is 0.200. The van der Waals surface area contributed by atoms with Crippen molar-refractivity contribution >= 4 is 33.2 Å². The van der Waals surface area contributed by atoms with Crippen LogP contribution < -0.4 is 15.4 Å². The average Bonchev–Trinajstić information content (AvgIpc) is 3.02. The first-order valence-corrected chi connectivity index (χ1v) is 8.85. The number of rotatable bonds is 6. The Bertz CT molecular complexity index is 813. The number of carbonyl (C=O) groups excluding carboxylic acids is 2. The minimum absolute atomic E-state index is 0.325. The Balaban J connectivity index is 1.92. The van der Waals surface area contributed by atoms with Gasteiger partial charge in [0.25, 0.3) is 5.91 Å². The maximum atomic E-state index is 12.1. The number of carbonyl (C=O) groups is 2. The SMILES string of the molecule is CC(NC(=O)c1ccoc1)C(=O)Nc1ccc(NS(C)(=O)=O)cc1. The highest BCUT2D eigenvalue weighted by atomic mass is 32.2. The first kappa shape index (κ1) is 17.5. The third-order valence-electron chi connectivity index (χ3n) is 2.98. The summed E-state index contributed by atoms with van der Waals surface area (Å²) < 4.78 is 29.4. The maximum Gasteiger partial charge on any atom is 0.255 e. The van der Waals surface area contributed by atoms with E-state index in [2.05, 4.69) is 15.4 Å². The molecule has 1 unspecified atom stereocenters. The molecule has 2 amide bonds. The van der Waals surface area contributed by atoms with Gasteiger partial charge in [-0.1, -0.05) is 0 Å². The van der Waals surface area contributed by atoms with E-state index in [4.69, 9.17) is 4.42 Å². The summed E-state index contributed by atoms with van der Waals surface area (Å²) in [5.74, 6) is -0.824. The molecule has 0 fully saturated rings. The van der Waals surface area contributed by atoms with Gasteiger partial charge < -0.3 is 15.1 Å². The second-order valence-electron chi connectivity index (χ2n) is 5.15. The lowest BCUT2D eigenvalue weighted by Gasteiger charge is -2.14.